The van der Waals surface area contributed by atoms with Crippen LogP contribution in [0.2, 0.25) is 5.02 Å². The second-order valence-electron chi connectivity index (χ2n) is 8.97. The summed E-state index contributed by atoms with van der Waals surface area (Å²) in [5.41, 5.74) is 4.31. The van der Waals surface area contributed by atoms with Gasteiger partial charge in [0, 0.05) is 39.4 Å². The molecule has 0 bridgehead atoms. The summed E-state index contributed by atoms with van der Waals surface area (Å²) in [6.07, 6.45) is 1.75. The van der Waals surface area contributed by atoms with E-state index in [-0.39, 0.29) is 11.4 Å². The number of para-hydroxylation sites is 1. The maximum Gasteiger partial charge on any atom is 0.294 e. The van der Waals surface area contributed by atoms with Crippen LogP contribution < -0.4 is 10.1 Å². The Morgan fingerprint density at radius 3 is 2.49 bits per heavy atom. The van der Waals surface area contributed by atoms with Crippen LogP contribution >= 0.6 is 23.4 Å². The van der Waals surface area contributed by atoms with E-state index in [1.807, 2.05) is 62.4 Å². The van der Waals surface area contributed by atoms with Gasteiger partial charge in [0.1, 0.15) is 12.3 Å². The van der Waals surface area contributed by atoms with E-state index in [1.54, 1.807) is 30.3 Å². The van der Waals surface area contributed by atoms with E-state index in [1.165, 1.54) is 0 Å². The third-order valence-electron chi connectivity index (χ3n) is 6.47. The van der Waals surface area contributed by atoms with E-state index in [0.717, 1.165) is 44.4 Å². The highest BCUT2D eigenvalue weighted by Crippen LogP contribution is 2.36. The van der Waals surface area contributed by atoms with Crippen molar-refractivity contribution >= 4 is 63.1 Å². The predicted molar refractivity (Wildman–Crippen MR) is 156 cm³/mol. The van der Waals surface area contributed by atoms with Gasteiger partial charge in [-0.3, -0.25) is 19.3 Å². The number of benzene rings is 3. The number of carbonyl (C=O) groups is 3. The van der Waals surface area contributed by atoms with Gasteiger partial charge in [-0.1, -0.05) is 48.0 Å². The summed E-state index contributed by atoms with van der Waals surface area (Å²) in [6, 6.07) is 22.5. The van der Waals surface area contributed by atoms with Crippen LogP contribution in [0.3, 0.4) is 0 Å². The molecule has 198 valence electrons. The lowest BCUT2D eigenvalue weighted by Crippen LogP contribution is -2.36. The van der Waals surface area contributed by atoms with Crippen molar-refractivity contribution in [2.75, 3.05) is 18.5 Å². The summed E-state index contributed by atoms with van der Waals surface area (Å²) < 4.78 is 7.56. The Kier molecular flexibility index (Phi) is 7.77. The second-order valence-corrected chi connectivity index (χ2v) is 10.4. The average molecular weight is 560 g/mol. The molecular formula is C30H26ClN3O4S. The molecule has 1 aliphatic rings. The van der Waals surface area contributed by atoms with Crippen LogP contribution in [0.25, 0.3) is 17.0 Å². The summed E-state index contributed by atoms with van der Waals surface area (Å²) >= 11 is 7.27. The summed E-state index contributed by atoms with van der Waals surface area (Å²) in [5.74, 6) is -0.264. The number of rotatable bonds is 8. The van der Waals surface area contributed by atoms with Gasteiger partial charge in [-0.15, -0.1) is 0 Å². The van der Waals surface area contributed by atoms with Gasteiger partial charge in [-0.05, 0) is 73.6 Å². The van der Waals surface area contributed by atoms with Crippen molar-refractivity contribution in [1.82, 2.24) is 9.47 Å². The molecule has 0 unspecified atom stereocenters. The predicted octanol–water partition coefficient (Wildman–Crippen LogP) is 6.73. The molecule has 1 N–H and O–H groups in total. The van der Waals surface area contributed by atoms with Crippen LogP contribution in [-0.2, 0) is 16.1 Å². The normalized spacial score (nSPS) is 14.4. The van der Waals surface area contributed by atoms with Gasteiger partial charge in [0.05, 0.1) is 11.5 Å². The fraction of sp³-hybridized carbons (Fsp3) is 0.167. The molecule has 3 aromatic carbocycles. The standard InChI is InChI=1S/C30H26ClN3O4S/c1-3-38-22-14-12-21(13-15-22)32-28(35)18-34-29(36)27(39-30(34)37)16-24-19(2)33(26-11-7-5-9-23(24)26)17-20-8-4-6-10-25(20)31/h4-16H,3,17-18H2,1-2H3,(H,32,35)/b27-16+. The maximum atomic E-state index is 13.2. The SMILES string of the molecule is CCOc1ccc(NC(=O)CN2C(=O)S/C(=C/c3c(C)n(Cc4ccccc4Cl)c4ccccc34)C2=O)cc1. The molecule has 1 aliphatic heterocycles. The highest BCUT2D eigenvalue weighted by atomic mass is 35.5. The Morgan fingerprint density at radius 1 is 1.03 bits per heavy atom. The van der Waals surface area contributed by atoms with Crippen LogP contribution in [0.5, 0.6) is 5.75 Å². The molecule has 1 aromatic heterocycles. The number of imide groups is 1. The van der Waals surface area contributed by atoms with E-state index >= 15 is 0 Å². The number of carbonyl (C=O) groups excluding carboxylic acids is 3. The lowest BCUT2D eigenvalue weighted by atomic mass is 10.1. The zero-order valence-electron chi connectivity index (χ0n) is 21.4. The van der Waals surface area contributed by atoms with Crippen molar-refractivity contribution in [2.45, 2.75) is 20.4 Å². The number of amides is 3. The van der Waals surface area contributed by atoms with Gasteiger partial charge >= 0.3 is 0 Å². The van der Waals surface area contributed by atoms with Gasteiger partial charge in [-0.25, -0.2) is 0 Å². The lowest BCUT2D eigenvalue weighted by molar-refractivity contribution is -0.127. The summed E-state index contributed by atoms with van der Waals surface area (Å²) in [5, 5.41) is 3.89. The molecule has 0 radical (unpaired) electrons. The Hall–Kier alpha value is -4.01. The molecular weight excluding hydrogens is 534 g/mol. The van der Waals surface area contributed by atoms with E-state index in [4.69, 9.17) is 16.3 Å². The first-order chi connectivity index (χ1) is 18.9. The van der Waals surface area contributed by atoms with Gasteiger partial charge < -0.3 is 14.6 Å². The van der Waals surface area contributed by atoms with Gasteiger partial charge in [-0.2, -0.15) is 0 Å². The topological polar surface area (TPSA) is 80.6 Å². The molecule has 5 rings (SSSR count). The number of halogens is 1. The molecule has 0 spiro atoms. The first-order valence-electron chi connectivity index (χ1n) is 12.4. The Bertz CT molecular complexity index is 1610. The zero-order chi connectivity index (χ0) is 27.5. The van der Waals surface area contributed by atoms with Crippen molar-refractivity contribution in [1.29, 1.82) is 0 Å². The van der Waals surface area contributed by atoms with Crippen LogP contribution in [0.1, 0.15) is 23.7 Å². The van der Waals surface area contributed by atoms with Crippen molar-refractivity contribution in [2.24, 2.45) is 0 Å². The Morgan fingerprint density at radius 2 is 1.74 bits per heavy atom. The minimum Gasteiger partial charge on any atom is -0.494 e. The van der Waals surface area contributed by atoms with Crippen LogP contribution in [0, 0.1) is 6.92 Å². The molecule has 1 saturated heterocycles. The quantitative estimate of drug-likeness (QED) is 0.242. The fourth-order valence-electron chi connectivity index (χ4n) is 4.55. The number of fused-ring (bicyclic) bond motifs is 1. The van der Waals surface area contributed by atoms with Crippen molar-refractivity contribution in [3.63, 3.8) is 0 Å². The smallest absolute Gasteiger partial charge is 0.294 e. The molecule has 0 saturated carbocycles. The van der Waals surface area contributed by atoms with Crippen molar-refractivity contribution < 1.29 is 19.1 Å². The monoisotopic (exact) mass is 559 g/mol. The van der Waals surface area contributed by atoms with Gasteiger partial charge in [0.2, 0.25) is 5.91 Å². The maximum absolute atomic E-state index is 13.2. The molecule has 0 atom stereocenters. The third-order valence-corrected chi connectivity index (χ3v) is 7.74. The summed E-state index contributed by atoms with van der Waals surface area (Å²) in [6.45, 7) is 4.60. The number of aromatic nitrogens is 1. The van der Waals surface area contributed by atoms with Crippen LogP contribution in [-0.4, -0.2) is 39.7 Å². The Labute approximate surface area is 235 Å². The fourth-order valence-corrected chi connectivity index (χ4v) is 5.57. The van der Waals surface area contributed by atoms with Crippen molar-refractivity contribution in [3.8, 4) is 5.75 Å². The molecule has 1 fully saturated rings. The van der Waals surface area contributed by atoms with Crippen molar-refractivity contribution in [3.05, 3.63) is 99.5 Å². The van der Waals surface area contributed by atoms with Crippen LogP contribution in [0.4, 0.5) is 10.5 Å². The van der Waals surface area contributed by atoms with E-state index < -0.39 is 17.1 Å². The second kappa shape index (κ2) is 11.4. The number of nitrogens with one attached hydrogen (secondary N) is 1. The number of hydrogen-bond acceptors (Lipinski definition) is 5. The van der Waals surface area contributed by atoms with Crippen LogP contribution in [0.15, 0.2) is 77.7 Å². The highest BCUT2D eigenvalue weighted by Gasteiger charge is 2.36. The molecule has 0 aliphatic carbocycles. The number of nitrogens with zero attached hydrogens (tertiary/aromatic N) is 2. The average Bonchev–Trinajstić information content (AvgIpc) is 3.34. The largest absolute Gasteiger partial charge is 0.494 e. The number of ether oxygens (including phenoxy) is 1. The first kappa shape index (κ1) is 26.6. The molecule has 7 nitrogen and oxygen atoms in total. The minimum absolute atomic E-state index is 0.276. The highest BCUT2D eigenvalue weighted by molar-refractivity contribution is 8.18. The number of hydrogen-bond donors (Lipinski definition) is 1. The zero-order valence-corrected chi connectivity index (χ0v) is 23.0. The summed E-state index contributed by atoms with van der Waals surface area (Å²) in [7, 11) is 0. The number of anilines is 1. The van der Waals surface area contributed by atoms with Gasteiger partial charge in [0.15, 0.2) is 0 Å². The molecule has 2 heterocycles. The molecule has 4 aromatic rings. The molecule has 3 amide bonds. The van der Waals surface area contributed by atoms with Gasteiger partial charge in [0.25, 0.3) is 11.1 Å². The van der Waals surface area contributed by atoms with E-state index in [2.05, 4.69) is 9.88 Å². The molecule has 9 heteroatoms. The number of thioether (sulfide) groups is 1. The first-order valence-corrected chi connectivity index (χ1v) is 13.6. The molecule has 39 heavy (non-hydrogen) atoms. The third kappa shape index (κ3) is 5.57. The summed E-state index contributed by atoms with van der Waals surface area (Å²) in [4.78, 5) is 39.8. The van der Waals surface area contributed by atoms with E-state index in [0.29, 0.717) is 29.6 Å². The minimum atomic E-state index is -0.492. The Balaban J connectivity index is 1.37. The van der Waals surface area contributed by atoms with E-state index in [9.17, 15) is 14.4 Å². The lowest BCUT2D eigenvalue weighted by Gasteiger charge is -2.12.